The van der Waals surface area contributed by atoms with Gasteiger partial charge in [0.05, 0.1) is 0 Å². The van der Waals surface area contributed by atoms with Gasteiger partial charge in [-0.05, 0) is 25.0 Å². The van der Waals surface area contributed by atoms with Gasteiger partial charge in [-0.2, -0.15) is 0 Å². The van der Waals surface area contributed by atoms with Crippen molar-refractivity contribution >= 4 is 23.5 Å². The summed E-state index contributed by atoms with van der Waals surface area (Å²) < 4.78 is 13.6. The second-order valence-corrected chi connectivity index (χ2v) is 7.55. The summed E-state index contributed by atoms with van der Waals surface area (Å²) in [4.78, 5) is 27.3. The molecule has 1 aliphatic rings. The van der Waals surface area contributed by atoms with Gasteiger partial charge in [-0.25, -0.2) is 4.39 Å². The van der Waals surface area contributed by atoms with Gasteiger partial charge in [-0.15, -0.1) is 11.8 Å². The van der Waals surface area contributed by atoms with E-state index in [2.05, 4.69) is 0 Å². The number of ketones is 1. The largest absolute Gasteiger partial charge is 0.343 e. The lowest BCUT2D eigenvalue weighted by atomic mass is 9.89. The average molecular weight is 371 g/mol. The Morgan fingerprint density at radius 1 is 1.00 bits per heavy atom. The number of carbonyl (C=O) groups is 2. The molecule has 0 unspecified atom stereocenters. The van der Waals surface area contributed by atoms with E-state index in [1.165, 1.54) is 17.8 Å². The minimum absolute atomic E-state index is 0.00533. The van der Waals surface area contributed by atoms with Gasteiger partial charge in [0.15, 0.2) is 5.78 Å². The molecule has 1 fully saturated rings. The number of rotatable bonds is 6. The molecule has 0 N–H and O–H groups in total. The summed E-state index contributed by atoms with van der Waals surface area (Å²) in [5.41, 5.74) is 0.749. The first-order valence-electron chi connectivity index (χ1n) is 8.89. The summed E-state index contributed by atoms with van der Waals surface area (Å²) in [6, 6.07) is 16.0. The molecule has 1 heterocycles. The van der Waals surface area contributed by atoms with Crippen molar-refractivity contribution in [1.29, 1.82) is 0 Å². The number of benzene rings is 2. The van der Waals surface area contributed by atoms with Crippen LogP contribution in [0.4, 0.5) is 4.39 Å². The summed E-state index contributed by atoms with van der Waals surface area (Å²) in [6.07, 6.45) is 1.80. The van der Waals surface area contributed by atoms with Crippen molar-refractivity contribution in [3.8, 4) is 0 Å². The molecular formula is C21H22FNO2S. The van der Waals surface area contributed by atoms with Gasteiger partial charge < -0.3 is 4.90 Å². The number of nitrogens with zero attached hydrogens (tertiary/aromatic N) is 1. The maximum atomic E-state index is 13.6. The van der Waals surface area contributed by atoms with E-state index >= 15 is 0 Å². The van der Waals surface area contributed by atoms with Crippen LogP contribution in [0.2, 0.25) is 0 Å². The number of likely N-dealkylation sites (tertiary alicyclic amines) is 1. The van der Waals surface area contributed by atoms with Crippen LogP contribution in [0.3, 0.4) is 0 Å². The normalized spacial score (nSPS) is 15.0. The first-order chi connectivity index (χ1) is 12.6. The third-order valence-corrected chi connectivity index (χ3v) is 5.74. The van der Waals surface area contributed by atoms with E-state index < -0.39 is 0 Å². The summed E-state index contributed by atoms with van der Waals surface area (Å²) in [7, 11) is 0. The van der Waals surface area contributed by atoms with Crippen molar-refractivity contribution in [2.24, 2.45) is 5.92 Å². The number of hydrogen-bond acceptors (Lipinski definition) is 3. The monoisotopic (exact) mass is 371 g/mol. The molecule has 1 aliphatic heterocycles. The Kier molecular flexibility index (Phi) is 6.45. The molecule has 1 saturated heterocycles. The molecule has 3 nitrogen and oxygen atoms in total. The molecular weight excluding hydrogens is 349 g/mol. The fraction of sp³-hybridized carbons (Fsp3) is 0.333. The molecule has 2 aromatic carbocycles. The lowest BCUT2D eigenvalue weighted by Gasteiger charge is -2.31. The molecule has 1 amide bonds. The Labute approximate surface area is 157 Å². The van der Waals surface area contributed by atoms with Gasteiger partial charge >= 0.3 is 0 Å². The number of Topliss-reactive ketones (excluding diaryl/α,β-unsaturated/α-hetero) is 1. The van der Waals surface area contributed by atoms with Crippen LogP contribution < -0.4 is 0 Å². The predicted molar refractivity (Wildman–Crippen MR) is 102 cm³/mol. The van der Waals surface area contributed by atoms with Crippen LogP contribution in [0.1, 0.15) is 29.6 Å². The molecule has 0 bridgehead atoms. The molecule has 5 heteroatoms. The Morgan fingerprint density at radius 3 is 2.35 bits per heavy atom. The maximum absolute atomic E-state index is 13.6. The quantitative estimate of drug-likeness (QED) is 0.557. The molecule has 0 aliphatic carbocycles. The molecule has 136 valence electrons. The minimum Gasteiger partial charge on any atom is -0.343 e. The molecule has 26 heavy (non-hydrogen) atoms. The Hall–Kier alpha value is -2.14. The van der Waals surface area contributed by atoms with E-state index in [1.54, 1.807) is 18.2 Å². The molecule has 0 spiro atoms. The predicted octanol–water partition coefficient (Wildman–Crippen LogP) is 4.43. The second kappa shape index (κ2) is 8.99. The highest BCUT2D eigenvalue weighted by Gasteiger charge is 2.27. The van der Waals surface area contributed by atoms with Gasteiger partial charge in [-0.3, -0.25) is 9.59 Å². The van der Waals surface area contributed by atoms with Gasteiger partial charge in [0, 0.05) is 41.6 Å². The average Bonchev–Trinajstić information content (AvgIpc) is 2.69. The van der Waals surface area contributed by atoms with Crippen LogP contribution >= 0.6 is 11.8 Å². The molecule has 0 radical (unpaired) electrons. The number of carbonyl (C=O) groups excluding carboxylic acids is 2. The lowest BCUT2D eigenvalue weighted by Crippen LogP contribution is -2.40. The number of thioether (sulfide) groups is 1. The van der Waals surface area contributed by atoms with E-state index in [-0.39, 0.29) is 23.4 Å². The minimum atomic E-state index is -0.245. The summed E-state index contributed by atoms with van der Waals surface area (Å²) in [5, 5.41) is 0. The standard InChI is InChI=1S/C21H22FNO2S/c22-18-8-4-5-9-19(18)26-15-12-20(24)23-13-10-17(11-14-23)21(25)16-6-2-1-3-7-16/h1-9,17H,10-15H2. The Bertz CT molecular complexity index is 758. The Balaban J connectivity index is 1.43. The second-order valence-electron chi connectivity index (χ2n) is 6.41. The fourth-order valence-electron chi connectivity index (χ4n) is 3.20. The number of hydrogen-bond donors (Lipinski definition) is 0. The van der Waals surface area contributed by atoms with Gasteiger partial charge in [0.25, 0.3) is 0 Å². The highest BCUT2D eigenvalue weighted by molar-refractivity contribution is 7.99. The van der Waals surface area contributed by atoms with E-state index in [9.17, 15) is 14.0 Å². The van der Waals surface area contributed by atoms with Crippen molar-refractivity contribution in [1.82, 2.24) is 4.90 Å². The van der Waals surface area contributed by atoms with Crippen LogP contribution in [0, 0.1) is 11.7 Å². The SMILES string of the molecule is O=C(c1ccccc1)C1CCN(C(=O)CCSc2ccccc2F)CC1. The zero-order chi connectivity index (χ0) is 18.4. The first kappa shape index (κ1) is 18.6. The van der Waals surface area contributed by atoms with Crippen molar-refractivity contribution in [3.05, 3.63) is 66.0 Å². The van der Waals surface area contributed by atoms with Crippen LogP contribution in [0.15, 0.2) is 59.5 Å². The summed E-state index contributed by atoms with van der Waals surface area (Å²) >= 11 is 1.37. The Morgan fingerprint density at radius 2 is 1.65 bits per heavy atom. The van der Waals surface area contributed by atoms with Crippen LogP contribution in [-0.4, -0.2) is 35.4 Å². The van der Waals surface area contributed by atoms with Gasteiger partial charge in [0.1, 0.15) is 5.82 Å². The highest BCUT2D eigenvalue weighted by Crippen LogP contribution is 2.24. The molecule has 3 rings (SSSR count). The fourth-order valence-corrected chi connectivity index (χ4v) is 4.07. The summed E-state index contributed by atoms with van der Waals surface area (Å²) in [5.74, 6) is 0.564. The smallest absolute Gasteiger partial charge is 0.223 e. The zero-order valence-corrected chi connectivity index (χ0v) is 15.4. The maximum Gasteiger partial charge on any atom is 0.223 e. The van der Waals surface area contributed by atoms with Crippen molar-refractivity contribution in [2.75, 3.05) is 18.8 Å². The van der Waals surface area contributed by atoms with Crippen molar-refractivity contribution in [3.63, 3.8) is 0 Å². The van der Waals surface area contributed by atoms with Gasteiger partial charge in [0.2, 0.25) is 5.91 Å². The molecule has 2 aromatic rings. The van der Waals surface area contributed by atoms with Gasteiger partial charge in [-0.1, -0.05) is 42.5 Å². The van der Waals surface area contributed by atoms with E-state index in [4.69, 9.17) is 0 Å². The van der Waals surface area contributed by atoms with Crippen molar-refractivity contribution in [2.45, 2.75) is 24.2 Å². The molecule has 0 atom stereocenters. The van der Waals surface area contributed by atoms with Crippen LogP contribution in [-0.2, 0) is 4.79 Å². The lowest BCUT2D eigenvalue weighted by molar-refractivity contribution is -0.131. The number of piperidine rings is 1. The third kappa shape index (κ3) is 4.73. The van der Waals surface area contributed by atoms with Crippen molar-refractivity contribution < 1.29 is 14.0 Å². The number of amides is 1. The van der Waals surface area contributed by atoms with Crippen LogP contribution in [0.25, 0.3) is 0 Å². The zero-order valence-electron chi connectivity index (χ0n) is 14.6. The van der Waals surface area contributed by atoms with E-state index in [1.807, 2.05) is 35.2 Å². The van der Waals surface area contributed by atoms with E-state index in [0.29, 0.717) is 43.0 Å². The van der Waals surface area contributed by atoms with E-state index in [0.717, 1.165) is 5.56 Å². The molecule has 0 saturated carbocycles. The summed E-state index contributed by atoms with van der Waals surface area (Å²) in [6.45, 7) is 1.23. The topological polar surface area (TPSA) is 37.4 Å². The number of halogens is 1. The molecule has 0 aromatic heterocycles. The highest BCUT2D eigenvalue weighted by atomic mass is 32.2. The first-order valence-corrected chi connectivity index (χ1v) is 9.88. The third-order valence-electron chi connectivity index (χ3n) is 4.69. The van der Waals surface area contributed by atoms with Crippen LogP contribution in [0.5, 0.6) is 0 Å².